The molecule has 2 fully saturated rings. The van der Waals surface area contributed by atoms with Crippen LogP contribution in [0.25, 0.3) is 0 Å². The van der Waals surface area contributed by atoms with Crippen LogP contribution in [-0.4, -0.2) is 30.4 Å². The minimum atomic E-state index is -0.752. The van der Waals surface area contributed by atoms with Crippen LogP contribution in [0.4, 0.5) is 0 Å². The van der Waals surface area contributed by atoms with E-state index in [2.05, 4.69) is 33.8 Å². The summed E-state index contributed by atoms with van der Waals surface area (Å²) in [5.74, 6) is 0.526. The van der Waals surface area contributed by atoms with Crippen molar-refractivity contribution in [2.75, 3.05) is 19.6 Å². The maximum Gasteiger partial charge on any atom is 0.240 e. The summed E-state index contributed by atoms with van der Waals surface area (Å²) < 4.78 is 0. The quantitative estimate of drug-likeness (QED) is 0.888. The molecule has 0 unspecified atom stereocenters. The summed E-state index contributed by atoms with van der Waals surface area (Å²) in [5, 5.41) is 14.7. The monoisotopic (exact) mass is 345 g/mol. The predicted octanol–water partition coefficient (Wildman–Crippen LogP) is 3.55. The Morgan fingerprint density at radius 3 is 2.71 bits per heavy atom. The minimum absolute atomic E-state index is 0.0225. The Morgan fingerprint density at radius 1 is 1.33 bits per heavy atom. The van der Waals surface area contributed by atoms with Gasteiger partial charge in [0.1, 0.15) is 5.41 Å². The number of piperidine rings is 1. The number of nitriles is 1. The zero-order valence-electron chi connectivity index (χ0n) is 14.3. The first-order chi connectivity index (χ1) is 11.7. The minimum Gasteiger partial charge on any atom is -0.354 e. The number of carbonyl (C=O) groups excluding carboxylic acids is 1. The standard InChI is InChI=1S/C19H27N3OS/c20-15-19(8-2-1-3-9-19)18(23)21-13-16-6-10-22(11-7-16)14-17-5-4-12-24-17/h4-5,12,16H,1-3,6-11,13-14H2,(H,21,23). The van der Waals surface area contributed by atoms with E-state index in [1.807, 2.05) is 11.3 Å². The second-order valence-corrected chi connectivity index (χ2v) is 8.30. The lowest BCUT2D eigenvalue weighted by molar-refractivity contribution is -0.129. The first-order valence-corrected chi connectivity index (χ1v) is 10.0. The normalized spacial score (nSPS) is 22.0. The van der Waals surface area contributed by atoms with Gasteiger partial charge < -0.3 is 5.32 Å². The Bertz CT molecular complexity index is 564. The van der Waals surface area contributed by atoms with E-state index in [1.54, 1.807) is 0 Å². The first kappa shape index (κ1) is 17.4. The van der Waals surface area contributed by atoms with Crippen LogP contribution in [-0.2, 0) is 11.3 Å². The van der Waals surface area contributed by atoms with Gasteiger partial charge in [0.15, 0.2) is 0 Å². The molecule has 0 radical (unpaired) electrons. The van der Waals surface area contributed by atoms with Crippen molar-refractivity contribution in [1.82, 2.24) is 10.2 Å². The Hall–Kier alpha value is -1.38. The Balaban J connectivity index is 1.41. The van der Waals surface area contributed by atoms with E-state index in [0.717, 1.165) is 71.1 Å². The van der Waals surface area contributed by atoms with E-state index in [4.69, 9.17) is 0 Å². The molecular formula is C19H27N3OS. The zero-order valence-corrected chi connectivity index (χ0v) is 15.1. The molecule has 24 heavy (non-hydrogen) atoms. The van der Waals surface area contributed by atoms with Crippen molar-refractivity contribution in [1.29, 1.82) is 5.26 Å². The summed E-state index contributed by atoms with van der Waals surface area (Å²) >= 11 is 1.82. The Kier molecular flexibility index (Phi) is 5.91. The van der Waals surface area contributed by atoms with Crippen LogP contribution in [0.1, 0.15) is 49.8 Å². The molecule has 5 heteroatoms. The highest BCUT2D eigenvalue weighted by molar-refractivity contribution is 7.09. The average Bonchev–Trinajstić information content (AvgIpc) is 3.14. The van der Waals surface area contributed by atoms with Gasteiger partial charge in [-0.2, -0.15) is 5.26 Å². The first-order valence-electron chi connectivity index (χ1n) is 9.16. The molecule has 0 bridgehead atoms. The Morgan fingerprint density at radius 2 is 2.08 bits per heavy atom. The molecule has 0 aromatic carbocycles. The van der Waals surface area contributed by atoms with Crippen molar-refractivity contribution in [3.63, 3.8) is 0 Å². The summed E-state index contributed by atoms with van der Waals surface area (Å²) in [5.41, 5.74) is -0.752. The molecule has 4 nitrogen and oxygen atoms in total. The fourth-order valence-corrected chi connectivity index (χ4v) is 4.67. The summed E-state index contributed by atoms with van der Waals surface area (Å²) in [6, 6.07) is 6.62. The number of hydrogen-bond acceptors (Lipinski definition) is 4. The second-order valence-electron chi connectivity index (χ2n) is 7.26. The van der Waals surface area contributed by atoms with Gasteiger partial charge in [-0.1, -0.05) is 25.3 Å². The third-order valence-corrected chi connectivity index (χ3v) is 6.43. The molecule has 1 aromatic heterocycles. The van der Waals surface area contributed by atoms with E-state index < -0.39 is 5.41 Å². The van der Waals surface area contributed by atoms with Crippen molar-refractivity contribution in [2.45, 2.75) is 51.5 Å². The van der Waals surface area contributed by atoms with Crippen LogP contribution >= 0.6 is 11.3 Å². The topological polar surface area (TPSA) is 56.1 Å². The van der Waals surface area contributed by atoms with Gasteiger partial charge in [0.05, 0.1) is 6.07 Å². The van der Waals surface area contributed by atoms with Crippen molar-refractivity contribution < 1.29 is 4.79 Å². The van der Waals surface area contributed by atoms with Gasteiger partial charge in [0.2, 0.25) is 5.91 Å². The molecule has 1 aliphatic heterocycles. The van der Waals surface area contributed by atoms with Gasteiger partial charge in [-0.3, -0.25) is 9.69 Å². The van der Waals surface area contributed by atoms with E-state index in [1.165, 1.54) is 4.88 Å². The molecule has 0 spiro atoms. The van der Waals surface area contributed by atoms with Crippen LogP contribution in [0, 0.1) is 22.7 Å². The molecule has 2 aliphatic rings. The molecule has 1 N–H and O–H groups in total. The number of nitrogens with one attached hydrogen (secondary N) is 1. The van der Waals surface area contributed by atoms with Gasteiger partial charge in [0, 0.05) is 18.0 Å². The SMILES string of the molecule is N#CC1(C(=O)NCC2CCN(Cc3cccs3)CC2)CCCCC1. The zero-order chi connectivity index (χ0) is 16.8. The molecule has 1 saturated heterocycles. The average molecular weight is 346 g/mol. The van der Waals surface area contributed by atoms with Crippen LogP contribution in [0.3, 0.4) is 0 Å². The van der Waals surface area contributed by atoms with Gasteiger partial charge in [-0.25, -0.2) is 0 Å². The van der Waals surface area contributed by atoms with Gasteiger partial charge in [0.25, 0.3) is 0 Å². The third kappa shape index (κ3) is 4.17. The number of likely N-dealkylation sites (tertiary alicyclic amines) is 1. The number of carbonyl (C=O) groups is 1. The number of rotatable bonds is 5. The number of thiophene rings is 1. The second kappa shape index (κ2) is 8.13. The number of amides is 1. The lowest BCUT2D eigenvalue weighted by Crippen LogP contribution is -2.44. The van der Waals surface area contributed by atoms with Crippen molar-refractivity contribution in [3.05, 3.63) is 22.4 Å². The molecule has 1 amide bonds. The fraction of sp³-hybridized carbons (Fsp3) is 0.684. The number of hydrogen-bond donors (Lipinski definition) is 1. The smallest absolute Gasteiger partial charge is 0.240 e. The highest BCUT2D eigenvalue weighted by Crippen LogP contribution is 2.36. The van der Waals surface area contributed by atoms with E-state index in [0.29, 0.717) is 5.92 Å². The highest BCUT2D eigenvalue weighted by atomic mass is 32.1. The van der Waals surface area contributed by atoms with Crippen LogP contribution in [0.5, 0.6) is 0 Å². The summed E-state index contributed by atoms with van der Waals surface area (Å²) in [4.78, 5) is 16.5. The molecule has 0 atom stereocenters. The van der Waals surface area contributed by atoms with Crippen LogP contribution in [0.15, 0.2) is 17.5 Å². The van der Waals surface area contributed by atoms with E-state index >= 15 is 0 Å². The molecular weight excluding hydrogens is 318 g/mol. The fourth-order valence-electron chi connectivity index (χ4n) is 3.92. The van der Waals surface area contributed by atoms with Crippen LogP contribution in [0.2, 0.25) is 0 Å². The van der Waals surface area contributed by atoms with Crippen molar-refractivity contribution in [3.8, 4) is 6.07 Å². The molecule has 1 saturated carbocycles. The van der Waals surface area contributed by atoms with Gasteiger partial charge in [-0.15, -0.1) is 11.3 Å². The van der Waals surface area contributed by atoms with Crippen molar-refractivity contribution >= 4 is 17.2 Å². The van der Waals surface area contributed by atoms with E-state index in [-0.39, 0.29) is 5.91 Å². The van der Waals surface area contributed by atoms with Gasteiger partial charge >= 0.3 is 0 Å². The number of nitrogens with zero attached hydrogens (tertiary/aromatic N) is 2. The lowest BCUT2D eigenvalue weighted by Gasteiger charge is -2.33. The molecule has 1 aliphatic carbocycles. The summed E-state index contributed by atoms with van der Waals surface area (Å²) in [6.45, 7) is 3.98. The third-order valence-electron chi connectivity index (χ3n) is 5.57. The summed E-state index contributed by atoms with van der Waals surface area (Å²) in [6.07, 6.45) is 6.88. The maximum absolute atomic E-state index is 12.5. The summed E-state index contributed by atoms with van der Waals surface area (Å²) in [7, 11) is 0. The van der Waals surface area contributed by atoms with E-state index in [9.17, 15) is 10.1 Å². The molecule has 3 rings (SSSR count). The molecule has 1 aromatic rings. The predicted molar refractivity (Wildman–Crippen MR) is 96.5 cm³/mol. The lowest BCUT2D eigenvalue weighted by atomic mass is 9.74. The maximum atomic E-state index is 12.5. The highest BCUT2D eigenvalue weighted by Gasteiger charge is 2.39. The Labute approximate surface area is 148 Å². The van der Waals surface area contributed by atoms with Gasteiger partial charge in [-0.05, 0) is 56.1 Å². The van der Waals surface area contributed by atoms with Crippen molar-refractivity contribution in [2.24, 2.45) is 11.3 Å². The molecule has 2 heterocycles. The largest absolute Gasteiger partial charge is 0.354 e. The molecule has 130 valence electrons. The van der Waals surface area contributed by atoms with Crippen LogP contribution < -0.4 is 5.32 Å².